The number of rotatable bonds is 9. The van der Waals surface area contributed by atoms with E-state index in [1.165, 1.54) is 37.7 Å². The number of esters is 3. The van der Waals surface area contributed by atoms with E-state index in [4.69, 9.17) is 14.2 Å². The molecule has 0 aliphatic carbocycles. The standard InChI is InChI=1S/C24H23NO7S3/c1-30-22(28)18-19(23(29)31-2)35-24(34-18)16-10-8-15(9-11-16)20(26)25-17(13-33)21(27)32-12-14-6-4-3-5-7-14/h3-11,17,24,33H,12-13H2,1-2H3,(H,25,26)/t17-/m0/s1. The smallest absolute Gasteiger partial charge is 0.345 e. The molecule has 0 unspecified atom stereocenters. The van der Waals surface area contributed by atoms with Crippen molar-refractivity contribution in [3.8, 4) is 0 Å². The summed E-state index contributed by atoms with van der Waals surface area (Å²) in [7, 11) is 2.48. The highest BCUT2D eigenvalue weighted by Crippen LogP contribution is 2.55. The van der Waals surface area contributed by atoms with E-state index in [-0.39, 0.29) is 26.8 Å². The van der Waals surface area contributed by atoms with Gasteiger partial charge in [0, 0.05) is 11.3 Å². The third-order valence-electron chi connectivity index (χ3n) is 4.84. The van der Waals surface area contributed by atoms with Crippen molar-refractivity contribution in [2.24, 2.45) is 0 Å². The Hall–Kier alpha value is -2.89. The van der Waals surface area contributed by atoms with Crippen LogP contribution in [-0.4, -0.2) is 49.8 Å². The molecule has 1 heterocycles. The van der Waals surface area contributed by atoms with E-state index in [0.717, 1.165) is 11.1 Å². The van der Waals surface area contributed by atoms with Crippen LogP contribution in [0.5, 0.6) is 0 Å². The Kier molecular flexibility index (Phi) is 9.70. The number of benzene rings is 2. The molecule has 0 saturated heterocycles. The summed E-state index contributed by atoms with van der Waals surface area (Å²) in [6.45, 7) is 0.0976. The fraction of sp³-hybridized carbons (Fsp3) is 0.250. The average molecular weight is 534 g/mol. The predicted octanol–water partition coefficient (Wildman–Crippen LogP) is 3.49. The van der Waals surface area contributed by atoms with Crippen molar-refractivity contribution in [3.63, 3.8) is 0 Å². The lowest BCUT2D eigenvalue weighted by Crippen LogP contribution is -2.43. The van der Waals surface area contributed by atoms with Crippen LogP contribution in [0.4, 0.5) is 0 Å². The molecule has 1 atom stereocenters. The van der Waals surface area contributed by atoms with Gasteiger partial charge in [-0.1, -0.05) is 66.0 Å². The molecule has 3 rings (SSSR count). The van der Waals surface area contributed by atoms with Gasteiger partial charge in [0.2, 0.25) is 0 Å². The lowest BCUT2D eigenvalue weighted by atomic mass is 10.1. The monoisotopic (exact) mass is 533 g/mol. The maximum atomic E-state index is 12.7. The van der Waals surface area contributed by atoms with Gasteiger partial charge in [0.1, 0.15) is 22.5 Å². The highest BCUT2D eigenvalue weighted by atomic mass is 32.2. The van der Waals surface area contributed by atoms with Crippen LogP contribution in [0.3, 0.4) is 0 Å². The van der Waals surface area contributed by atoms with Crippen LogP contribution in [0.2, 0.25) is 0 Å². The molecule has 2 aromatic rings. The van der Waals surface area contributed by atoms with E-state index in [0.29, 0.717) is 5.56 Å². The van der Waals surface area contributed by atoms with Crippen LogP contribution >= 0.6 is 36.2 Å². The third-order valence-corrected chi connectivity index (χ3v) is 8.10. The fourth-order valence-corrected chi connectivity index (χ4v) is 6.04. The number of thiol groups is 1. The number of thioether (sulfide) groups is 2. The van der Waals surface area contributed by atoms with Crippen molar-refractivity contribution in [3.05, 3.63) is 81.1 Å². The van der Waals surface area contributed by atoms with Crippen LogP contribution in [0.25, 0.3) is 0 Å². The predicted molar refractivity (Wildman–Crippen MR) is 137 cm³/mol. The van der Waals surface area contributed by atoms with Gasteiger partial charge in [-0.25, -0.2) is 14.4 Å². The van der Waals surface area contributed by atoms with Crippen LogP contribution in [0.15, 0.2) is 64.4 Å². The maximum absolute atomic E-state index is 12.7. The van der Waals surface area contributed by atoms with Gasteiger partial charge < -0.3 is 19.5 Å². The van der Waals surface area contributed by atoms with Gasteiger partial charge in [-0.3, -0.25) is 4.79 Å². The molecule has 184 valence electrons. The molecule has 0 radical (unpaired) electrons. The lowest BCUT2D eigenvalue weighted by Gasteiger charge is -2.16. The summed E-state index contributed by atoms with van der Waals surface area (Å²) in [6, 6.07) is 15.0. The zero-order chi connectivity index (χ0) is 25.4. The van der Waals surface area contributed by atoms with Crippen molar-refractivity contribution in [2.75, 3.05) is 20.0 Å². The minimum absolute atomic E-state index is 0.0745. The van der Waals surface area contributed by atoms with E-state index in [2.05, 4.69) is 17.9 Å². The molecule has 1 aliphatic rings. The molecule has 0 aromatic heterocycles. The van der Waals surface area contributed by atoms with Crippen LogP contribution in [0.1, 0.15) is 26.1 Å². The minimum atomic E-state index is -0.912. The van der Waals surface area contributed by atoms with Gasteiger partial charge in [0.05, 0.1) is 18.8 Å². The second-order valence-corrected chi connectivity index (χ2v) is 10.0. The number of carbonyl (C=O) groups is 4. The van der Waals surface area contributed by atoms with E-state index >= 15 is 0 Å². The second-order valence-electron chi connectivity index (χ2n) is 7.13. The van der Waals surface area contributed by atoms with Crippen LogP contribution in [-0.2, 0) is 35.2 Å². The molecule has 0 fully saturated rings. The normalized spacial score (nSPS) is 14.3. The summed E-state index contributed by atoms with van der Waals surface area (Å²) < 4.78 is 14.5. The Morgan fingerprint density at radius 1 is 0.914 bits per heavy atom. The van der Waals surface area contributed by atoms with Crippen LogP contribution < -0.4 is 5.32 Å². The van der Waals surface area contributed by atoms with E-state index in [1.807, 2.05) is 30.3 Å². The Bertz CT molecular complexity index is 1090. The highest BCUT2D eigenvalue weighted by molar-refractivity contribution is 8.23. The zero-order valence-corrected chi connectivity index (χ0v) is 21.4. The molecule has 0 spiro atoms. The first kappa shape index (κ1) is 26.7. The highest BCUT2D eigenvalue weighted by Gasteiger charge is 2.36. The van der Waals surface area contributed by atoms with Crippen molar-refractivity contribution in [2.45, 2.75) is 17.2 Å². The van der Waals surface area contributed by atoms with Crippen molar-refractivity contribution in [1.29, 1.82) is 0 Å². The van der Waals surface area contributed by atoms with Gasteiger partial charge in [0.25, 0.3) is 5.91 Å². The third kappa shape index (κ3) is 6.83. The second kappa shape index (κ2) is 12.7. The summed E-state index contributed by atoms with van der Waals surface area (Å²) in [6.07, 6.45) is 0. The molecule has 0 bridgehead atoms. The van der Waals surface area contributed by atoms with Gasteiger partial charge >= 0.3 is 17.9 Å². The number of hydrogen-bond acceptors (Lipinski definition) is 10. The van der Waals surface area contributed by atoms with Crippen LogP contribution in [0, 0.1) is 0 Å². The molecule has 35 heavy (non-hydrogen) atoms. The molecule has 8 nitrogen and oxygen atoms in total. The van der Waals surface area contributed by atoms with E-state index in [1.54, 1.807) is 24.3 Å². The fourth-order valence-electron chi connectivity index (χ4n) is 2.99. The maximum Gasteiger partial charge on any atom is 0.345 e. The molecule has 1 amide bonds. The summed E-state index contributed by atoms with van der Waals surface area (Å²) in [5, 5.41) is 2.64. The number of ether oxygens (including phenoxy) is 3. The topological polar surface area (TPSA) is 108 Å². The van der Waals surface area contributed by atoms with E-state index < -0.39 is 29.9 Å². The Balaban J connectivity index is 1.61. The number of carbonyl (C=O) groups excluding carboxylic acids is 4. The molecule has 0 saturated carbocycles. The van der Waals surface area contributed by atoms with Crippen molar-refractivity contribution < 1.29 is 33.4 Å². The first-order valence-electron chi connectivity index (χ1n) is 10.3. The Morgan fingerprint density at radius 2 is 1.49 bits per heavy atom. The summed E-state index contributed by atoms with van der Waals surface area (Å²) in [5.74, 6) is -2.19. The minimum Gasteiger partial charge on any atom is -0.465 e. The van der Waals surface area contributed by atoms with Crippen molar-refractivity contribution >= 4 is 60.0 Å². The molecule has 1 N–H and O–H groups in total. The summed E-state index contributed by atoms with van der Waals surface area (Å²) in [5.41, 5.74) is 1.95. The van der Waals surface area contributed by atoms with Gasteiger partial charge in [-0.15, -0.1) is 0 Å². The van der Waals surface area contributed by atoms with Gasteiger partial charge in [0.15, 0.2) is 0 Å². The molecule has 2 aromatic carbocycles. The molecular weight excluding hydrogens is 510 g/mol. The SMILES string of the molecule is COC(=O)C1=C(C(=O)OC)SC(c2ccc(C(=O)N[C@@H](CS)C(=O)OCc3ccccc3)cc2)S1. The summed E-state index contributed by atoms with van der Waals surface area (Å²) >= 11 is 6.52. The van der Waals surface area contributed by atoms with Gasteiger partial charge in [-0.05, 0) is 23.3 Å². The van der Waals surface area contributed by atoms with Crippen molar-refractivity contribution in [1.82, 2.24) is 5.32 Å². The number of hydrogen-bond donors (Lipinski definition) is 2. The number of methoxy groups -OCH3 is 2. The Labute approximate surface area is 216 Å². The first-order chi connectivity index (χ1) is 16.9. The quantitative estimate of drug-likeness (QED) is 0.284. The zero-order valence-electron chi connectivity index (χ0n) is 18.9. The lowest BCUT2D eigenvalue weighted by molar-refractivity contribution is -0.146. The number of amides is 1. The molecule has 11 heteroatoms. The summed E-state index contributed by atoms with van der Waals surface area (Å²) in [4.78, 5) is 49.6. The number of nitrogens with one attached hydrogen (secondary N) is 1. The molecule has 1 aliphatic heterocycles. The molecular formula is C24H23NO7S3. The van der Waals surface area contributed by atoms with E-state index in [9.17, 15) is 19.2 Å². The first-order valence-corrected chi connectivity index (χ1v) is 12.7. The largest absolute Gasteiger partial charge is 0.465 e. The van der Waals surface area contributed by atoms with Gasteiger partial charge in [-0.2, -0.15) is 12.6 Å². The average Bonchev–Trinajstić information content (AvgIpc) is 3.35. The Morgan fingerprint density at radius 3 is 2.00 bits per heavy atom.